The van der Waals surface area contributed by atoms with E-state index in [1.54, 1.807) is 24.3 Å². The summed E-state index contributed by atoms with van der Waals surface area (Å²) in [5.74, 6) is 0.0564. The highest BCUT2D eigenvalue weighted by Gasteiger charge is 2.37. The molecule has 0 bridgehead atoms. The molecule has 1 unspecified atom stereocenters. The summed E-state index contributed by atoms with van der Waals surface area (Å²) < 4.78 is 0. The molecule has 0 saturated carbocycles. The number of nitrogens with one attached hydrogen (secondary N) is 1. The monoisotopic (exact) mass is 398 g/mol. The van der Waals surface area contributed by atoms with Crippen molar-refractivity contribution >= 4 is 34.8 Å². The summed E-state index contributed by atoms with van der Waals surface area (Å²) in [4.78, 5) is 27.4. The van der Waals surface area contributed by atoms with Gasteiger partial charge in [0.05, 0.1) is 11.6 Å². The van der Waals surface area contributed by atoms with Crippen molar-refractivity contribution in [1.82, 2.24) is 0 Å². The van der Waals surface area contributed by atoms with Crippen LogP contribution < -0.4 is 10.2 Å². The van der Waals surface area contributed by atoms with Crippen molar-refractivity contribution < 1.29 is 9.59 Å². The van der Waals surface area contributed by atoms with Gasteiger partial charge in [-0.1, -0.05) is 63.6 Å². The maximum absolute atomic E-state index is 12.9. The molecule has 0 aliphatic carbocycles. The maximum Gasteiger partial charge on any atom is 0.229 e. The van der Waals surface area contributed by atoms with Gasteiger partial charge in [-0.25, -0.2) is 0 Å². The molecule has 3 rings (SSSR count). The van der Waals surface area contributed by atoms with E-state index in [1.165, 1.54) is 0 Å². The second kappa shape index (κ2) is 8.36. The van der Waals surface area contributed by atoms with Crippen molar-refractivity contribution in [2.45, 2.75) is 46.0 Å². The summed E-state index contributed by atoms with van der Waals surface area (Å²) in [6, 6.07) is 13.3. The standard InChI is InChI=1S/C23H27ClN2O2/c1-14(2)19-9-6-10-20(15(3)4)22(19)26-13-16(11-21(26)27)23(28)25-18-8-5-7-17(24)12-18/h5-10,12,14-16H,11,13H2,1-4H3,(H,25,28). The van der Waals surface area contributed by atoms with Crippen molar-refractivity contribution in [3.8, 4) is 0 Å². The van der Waals surface area contributed by atoms with E-state index >= 15 is 0 Å². The van der Waals surface area contributed by atoms with Crippen molar-refractivity contribution in [3.05, 3.63) is 58.6 Å². The van der Waals surface area contributed by atoms with Crippen molar-refractivity contribution in [2.24, 2.45) is 5.92 Å². The highest BCUT2D eigenvalue weighted by atomic mass is 35.5. The molecule has 0 spiro atoms. The van der Waals surface area contributed by atoms with Gasteiger partial charge in [-0.3, -0.25) is 9.59 Å². The first-order valence-electron chi connectivity index (χ1n) is 9.77. The molecule has 1 fully saturated rings. The summed E-state index contributed by atoms with van der Waals surface area (Å²) in [5.41, 5.74) is 3.93. The SMILES string of the molecule is CC(C)c1cccc(C(C)C)c1N1CC(C(=O)Nc2cccc(Cl)c2)CC1=O. The minimum absolute atomic E-state index is 0.00115. The lowest BCUT2D eigenvalue weighted by Crippen LogP contribution is -2.30. The molecule has 2 aromatic carbocycles. The Labute approximate surface area is 171 Å². The highest BCUT2D eigenvalue weighted by molar-refractivity contribution is 6.30. The summed E-state index contributed by atoms with van der Waals surface area (Å²) >= 11 is 5.99. The Morgan fingerprint density at radius 2 is 1.68 bits per heavy atom. The lowest BCUT2D eigenvalue weighted by Gasteiger charge is -2.27. The van der Waals surface area contributed by atoms with Crippen molar-refractivity contribution in [2.75, 3.05) is 16.8 Å². The van der Waals surface area contributed by atoms with Gasteiger partial charge in [0.25, 0.3) is 0 Å². The van der Waals surface area contributed by atoms with Crippen LogP contribution in [0.1, 0.15) is 57.1 Å². The van der Waals surface area contributed by atoms with E-state index < -0.39 is 0 Å². The van der Waals surface area contributed by atoms with E-state index in [2.05, 4.69) is 51.2 Å². The zero-order chi connectivity index (χ0) is 20.4. The zero-order valence-corrected chi connectivity index (χ0v) is 17.6. The van der Waals surface area contributed by atoms with Crippen LogP contribution in [0.2, 0.25) is 5.02 Å². The lowest BCUT2D eigenvalue weighted by atomic mass is 9.92. The third-order valence-corrected chi connectivity index (χ3v) is 5.44. The van der Waals surface area contributed by atoms with Crippen LogP contribution in [0.3, 0.4) is 0 Å². The van der Waals surface area contributed by atoms with Gasteiger partial charge in [0.1, 0.15) is 0 Å². The summed E-state index contributed by atoms with van der Waals surface area (Å²) in [5, 5.41) is 3.45. The first-order chi connectivity index (χ1) is 13.3. The van der Waals surface area contributed by atoms with Gasteiger partial charge in [-0.2, -0.15) is 0 Å². The number of amides is 2. The van der Waals surface area contributed by atoms with Crippen LogP contribution in [0.15, 0.2) is 42.5 Å². The molecule has 5 heteroatoms. The number of anilines is 2. The maximum atomic E-state index is 12.9. The molecular weight excluding hydrogens is 372 g/mol. The number of para-hydroxylation sites is 1. The molecule has 1 N–H and O–H groups in total. The van der Waals surface area contributed by atoms with Gasteiger partial charge >= 0.3 is 0 Å². The van der Waals surface area contributed by atoms with Gasteiger partial charge in [0.15, 0.2) is 0 Å². The fraction of sp³-hybridized carbons (Fsp3) is 0.391. The molecule has 0 aromatic heterocycles. The lowest BCUT2D eigenvalue weighted by molar-refractivity contribution is -0.122. The quantitative estimate of drug-likeness (QED) is 0.714. The van der Waals surface area contributed by atoms with Crippen molar-refractivity contribution in [3.63, 3.8) is 0 Å². The Morgan fingerprint density at radius 1 is 1.07 bits per heavy atom. The van der Waals surface area contributed by atoms with Gasteiger partial charge < -0.3 is 10.2 Å². The number of hydrogen-bond acceptors (Lipinski definition) is 2. The molecular formula is C23H27ClN2O2. The largest absolute Gasteiger partial charge is 0.326 e. The number of halogens is 1. The fourth-order valence-electron chi connectivity index (χ4n) is 3.73. The smallest absolute Gasteiger partial charge is 0.229 e. The van der Waals surface area contributed by atoms with Crippen LogP contribution in [0.4, 0.5) is 11.4 Å². The molecule has 1 aliphatic heterocycles. The summed E-state index contributed by atoms with van der Waals surface area (Å²) in [7, 11) is 0. The normalized spacial score (nSPS) is 16.9. The van der Waals surface area contributed by atoms with Crippen LogP contribution in [-0.2, 0) is 9.59 Å². The topological polar surface area (TPSA) is 49.4 Å². The Bertz CT molecular complexity index is 866. The van der Waals surface area contributed by atoms with Crippen LogP contribution >= 0.6 is 11.6 Å². The van der Waals surface area contributed by atoms with Gasteiger partial charge in [-0.05, 0) is 41.2 Å². The van der Waals surface area contributed by atoms with Crippen LogP contribution in [0.5, 0.6) is 0 Å². The van der Waals surface area contributed by atoms with Crippen molar-refractivity contribution in [1.29, 1.82) is 0 Å². The van der Waals surface area contributed by atoms with E-state index in [9.17, 15) is 9.59 Å². The van der Waals surface area contributed by atoms with Gasteiger partial charge in [0, 0.05) is 23.7 Å². The molecule has 1 atom stereocenters. The number of hydrogen-bond donors (Lipinski definition) is 1. The predicted molar refractivity (Wildman–Crippen MR) is 115 cm³/mol. The van der Waals surface area contributed by atoms with E-state index in [-0.39, 0.29) is 24.2 Å². The Kier molecular flexibility index (Phi) is 6.09. The minimum atomic E-state index is -0.383. The highest BCUT2D eigenvalue weighted by Crippen LogP contribution is 2.38. The molecule has 2 amide bonds. The number of carbonyl (C=O) groups excluding carboxylic acids is 2. The third kappa shape index (κ3) is 4.22. The third-order valence-electron chi connectivity index (χ3n) is 5.20. The number of rotatable bonds is 5. The van der Waals surface area contributed by atoms with Gasteiger partial charge in [-0.15, -0.1) is 0 Å². The predicted octanol–water partition coefficient (Wildman–Crippen LogP) is 5.58. The molecule has 148 valence electrons. The first-order valence-corrected chi connectivity index (χ1v) is 10.1. The molecule has 28 heavy (non-hydrogen) atoms. The number of nitrogens with zero attached hydrogens (tertiary/aromatic N) is 1. The Morgan fingerprint density at radius 3 is 2.25 bits per heavy atom. The van der Waals surface area contributed by atoms with Crippen LogP contribution in [0.25, 0.3) is 0 Å². The molecule has 1 heterocycles. The molecule has 2 aromatic rings. The minimum Gasteiger partial charge on any atom is -0.326 e. The first kappa shape index (κ1) is 20.4. The van der Waals surface area contributed by atoms with Crippen LogP contribution in [-0.4, -0.2) is 18.4 Å². The second-order valence-electron chi connectivity index (χ2n) is 8.00. The number of carbonyl (C=O) groups is 2. The van der Waals surface area contributed by atoms with E-state index in [4.69, 9.17) is 11.6 Å². The van der Waals surface area contributed by atoms with E-state index in [0.717, 1.165) is 16.8 Å². The number of benzene rings is 2. The Hall–Kier alpha value is -2.33. The Balaban J connectivity index is 1.86. The average Bonchev–Trinajstić information content (AvgIpc) is 3.02. The van der Waals surface area contributed by atoms with Crippen LogP contribution in [0, 0.1) is 5.92 Å². The molecule has 1 aliphatic rings. The van der Waals surface area contributed by atoms with E-state index in [0.29, 0.717) is 29.1 Å². The fourth-order valence-corrected chi connectivity index (χ4v) is 3.92. The van der Waals surface area contributed by atoms with E-state index in [1.807, 2.05) is 4.90 Å². The summed E-state index contributed by atoms with van der Waals surface area (Å²) in [6.07, 6.45) is 0.219. The average molecular weight is 399 g/mol. The molecule has 1 saturated heterocycles. The molecule has 4 nitrogen and oxygen atoms in total. The molecule has 0 radical (unpaired) electrons. The second-order valence-corrected chi connectivity index (χ2v) is 8.44. The summed E-state index contributed by atoms with van der Waals surface area (Å²) in [6.45, 7) is 8.92. The zero-order valence-electron chi connectivity index (χ0n) is 16.8. The van der Waals surface area contributed by atoms with Gasteiger partial charge in [0.2, 0.25) is 11.8 Å².